The van der Waals surface area contributed by atoms with Gasteiger partial charge in [-0.05, 0) is 6.92 Å². The molecule has 1 saturated heterocycles. The standard InChI is InChI=1S/C10H12O5/c1-6(2)9(11)14-15-10(12)7(3)4-8-5-13-8/h8H,1,3-5H2,2H3. The van der Waals surface area contributed by atoms with E-state index in [0.717, 1.165) is 0 Å². The van der Waals surface area contributed by atoms with Crippen molar-refractivity contribution in [1.82, 2.24) is 0 Å². The Bertz CT molecular complexity index is 314. The van der Waals surface area contributed by atoms with Crippen LogP contribution in [0.3, 0.4) is 0 Å². The highest BCUT2D eigenvalue weighted by Crippen LogP contribution is 2.18. The quantitative estimate of drug-likeness (QED) is 0.300. The van der Waals surface area contributed by atoms with Crippen molar-refractivity contribution in [2.75, 3.05) is 6.61 Å². The molecule has 1 fully saturated rings. The van der Waals surface area contributed by atoms with Gasteiger partial charge in [-0.25, -0.2) is 19.4 Å². The summed E-state index contributed by atoms with van der Waals surface area (Å²) in [6.45, 7) is 8.89. The lowest BCUT2D eigenvalue weighted by atomic mass is 10.2. The zero-order valence-corrected chi connectivity index (χ0v) is 8.45. The van der Waals surface area contributed by atoms with Crippen molar-refractivity contribution in [2.24, 2.45) is 0 Å². The first-order valence-electron chi connectivity index (χ1n) is 4.38. The van der Waals surface area contributed by atoms with Crippen LogP contribution in [0, 0.1) is 0 Å². The van der Waals surface area contributed by atoms with Crippen molar-refractivity contribution in [3.05, 3.63) is 24.3 Å². The van der Waals surface area contributed by atoms with E-state index in [1.165, 1.54) is 6.92 Å². The second-order valence-electron chi connectivity index (χ2n) is 3.28. The van der Waals surface area contributed by atoms with E-state index in [2.05, 4.69) is 22.9 Å². The minimum atomic E-state index is -0.779. The summed E-state index contributed by atoms with van der Waals surface area (Å²) < 4.78 is 4.90. The molecule has 0 bridgehead atoms. The van der Waals surface area contributed by atoms with Crippen LogP contribution >= 0.6 is 0 Å². The van der Waals surface area contributed by atoms with Gasteiger partial charge in [-0.2, -0.15) is 0 Å². The van der Waals surface area contributed by atoms with Gasteiger partial charge in [-0.3, -0.25) is 0 Å². The van der Waals surface area contributed by atoms with Crippen LogP contribution in [0.4, 0.5) is 0 Å². The van der Waals surface area contributed by atoms with Crippen molar-refractivity contribution >= 4 is 11.9 Å². The van der Waals surface area contributed by atoms with Crippen LogP contribution < -0.4 is 0 Å². The Morgan fingerprint density at radius 3 is 2.33 bits per heavy atom. The molecule has 0 spiro atoms. The first kappa shape index (κ1) is 11.5. The minimum Gasteiger partial charge on any atom is -0.373 e. The molecule has 15 heavy (non-hydrogen) atoms. The van der Waals surface area contributed by atoms with Gasteiger partial charge < -0.3 is 4.74 Å². The summed E-state index contributed by atoms with van der Waals surface area (Å²) in [5, 5.41) is 0. The molecule has 0 aliphatic carbocycles. The fraction of sp³-hybridized carbons (Fsp3) is 0.400. The number of epoxide rings is 1. The molecule has 0 aromatic heterocycles. The van der Waals surface area contributed by atoms with E-state index in [1.807, 2.05) is 0 Å². The fourth-order valence-corrected chi connectivity index (χ4v) is 0.750. The first-order valence-corrected chi connectivity index (χ1v) is 4.38. The van der Waals surface area contributed by atoms with Gasteiger partial charge in [-0.15, -0.1) is 0 Å². The highest BCUT2D eigenvalue weighted by atomic mass is 17.2. The topological polar surface area (TPSA) is 65.1 Å². The van der Waals surface area contributed by atoms with Crippen molar-refractivity contribution < 1.29 is 24.1 Å². The average molecular weight is 212 g/mol. The van der Waals surface area contributed by atoms with Crippen molar-refractivity contribution in [3.8, 4) is 0 Å². The number of carbonyl (C=O) groups is 2. The van der Waals surface area contributed by atoms with Crippen LogP contribution in [-0.4, -0.2) is 24.6 Å². The minimum absolute atomic E-state index is 0.0434. The van der Waals surface area contributed by atoms with Gasteiger partial charge in [-0.1, -0.05) is 13.2 Å². The summed E-state index contributed by atoms with van der Waals surface area (Å²) in [6, 6.07) is 0. The summed E-state index contributed by atoms with van der Waals surface area (Å²) in [5.41, 5.74) is 0.367. The largest absolute Gasteiger partial charge is 0.381 e. The zero-order chi connectivity index (χ0) is 11.4. The zero-order valence-electron chi connectivity index (χ0n) is 8.45. The monoisotopic (exact) mass is 212 g/mol. The van der Waals surface area contributed by atoms with E-state index >= 15 is 0 Å². The molecule has 5 nitrogen and oxygen atoms in total. The maximum absolute atomic E-state index is 11.1. The van der Waals surface area contributed by atoms with Gasteiger partial charge >= 0.3 is 11.9 Å². The molecule has 0 saturated carbocycles. The lowest BCUT2D eigenvalue weighted by Crippen LogP contribution is -2.13. The number of carbonyl (C=O) groups excluding carboxylic acids is 2. The van der Waals surface area contributed by atoms with E-state index in [9.17, 15) is 9.59 Å². The molecule has 1 aliphatic heterocycles. The van der Waals surface area contributed by atoms with Gasteiger partial charge in [0.1, 0.15) is 0 Å². The second-order valence-corrected chi connectivity index (χ2v) is 3.28. The van der Waals surface area contributed by atoms with Crippen LogP contribution in [0.5, 0.6) is 0 Å². The molecule has 0 N–H and O–H groups in total. The molecule has 5 heteroatoms. The van der Waals surface area contributed by atoms with Gasteiger partial charge in [0.15, 0.2) is 0 Å². The van der Waals surface area contributed by atoms with E-state index in [0.29, 0.717) is 13.0 Å². The molecule has 0 aromatic rings. The predicted molar refractivity (Wildman–Crippen MR) is 50.5 cm³/mol. The molecule has 1 atom stereocenters. The van der Waals surface area contributed by atoms with Crippen LogP contribution in [0.2, 0.25) is 0 Å². The van der Waals surface area contributed by atoms with E-state index in [1.54, 1.807) is 0 Å². The highest BCUT2D eigenvalue weighted by Gasteiger charge is 2.26. The molecule has 0 amide bonds. The highest BCUT2D eigenvalue weighted by molar-refractivity contribution is 5.90. The number of hydrogen-bond donors (Lipinski definition) is 0. The van der Waals surface area contributed by atoms with Crippen molar-refractivity contribution in [2.45, 2.75) is 19.4 Å². The summed E-state index contributed by atoms with van der Waals surface area (Å²) >= 11 is 0. The van der Waals surface area contributed by atoms with Gasteiger partial charge in [0, 0.05) is 17.6 Å². The first-order chi connectivity index (χ1) is 7.00. The molecule has 0 radical (unpaired) electrons. The molecule has 0 aromatic carbocycles. The Hall–Kier alpha value is -1.62. The summed E-state index contributed by atoms with van der Waals surface area (Å²) in [6.07, 6.45) is 0.436. The maximum atomic E-state index is 11.1. The Morgan fingerprint density at radius 2 is 1.87 bits per heavy atom. The SMILES string of the molecule is C=C(C)C(=O)OOC(=O)C(=C)CC1CO1. The number of ether oxygens (including phenoxy) is 1. The van der Waals surface area contributed by atoms with E-state index < -0.39 is 11.9 Å². The summed E-state index contributed by atoms with van der Waals surface area (Å²) in [5.74, 6) is -1.54. The molecule has 1 rings (SSSR count). The van der Waals surface area contributed by atoms with Crippen LogP contribution in [0.1, 0.15) is 13.3 Å². The molecule has 1 heterocycles. The Kier molecular flexibility index (Phi) is 3.62. The normalized spacial score (nSPS) is 17.8. The smallest absolute Gasteiger partial charge is 0.373 e. The molecular formula is C10H12O5. The van der Waals surface area contributed by atoms with Crippen molar-refractivity contribution in [3.63, 3.8) is 0 Å². The predicted octanol–water partition coefficient (Wildman–Crippen LogP) is 0.909. The van der Waals surface area contributed by atoms with Crippen LogP contribution in [0.25, 0.3) is 0 Å². The van der Waals surface area contributed by atoms with E-state index in [4.69, 9.17) is 4.74 Å². The maximum Gasteiger partial charge on any atom is 0.381 e. The average Bonchev–Trinajstić information content (AvgIpc) is 2.96. The summed E-state index contributed by atoms with van der Waals surface area (Å²) in [7, 11) is 0. The Balaban J connectivity index is 2.25. The number of hydrogen-bond acceptors (Lipinski definition) is 5. The third kappa shape index (κ3) is 3.95. The van der Waals surface area contributed by atoms with Crippen LogP contribution in [-0.2, 0) is 24.1 Å². The molecule has 1 unspecified atom stereocenters. The van der Waals surface area contributed by atoms with Gasteiger partial charge in [0.25, 0.3) is 0 Å². The second kappa shape index (κ2) is 4.75. The molecule has 1 aliphatic rings. The summed E-state index contributed by atoms with van der Waals surface area (Å²) in [4.78, 5) is 30.5. The third-order valence-corrected chi connectivity index (χ3v) is 1.71. The fourth-order valence-electron chi connectivity index (χ4n) is 0.750. The lowest BCUT2D eigenvalue weighted by molar-refractivity contribution is -0.252. The van der Waals surface area contributed by atoms with Gasteiger partial charge in [0.2, 0.25) is 0 Å². The van der Waals surface area contributed by atoms with Crippen molar-refractivity contribution in [1.29, 1.82) is 0 Å². The third-order valence-electron chi connectivity index (χ3n) is 1.71. The van der Waals surface area contributed by atoms with Gasteiger partial charge in [0.05, 0.1) is 12.7 Å². The lowest BCUT2D eigenvalue weighted by Gasteiger charge is -2.03. The molecular weight excluding hydrogens is 200 g/mol. The molecule has 82 valence electrons. The van der Waals surface area contributed by atoms with E-state index in [-0.39, 0.29) is 17.3 Å². The Labute approximate surface area is 87.2 Å². The number of rotatable bonds is 4. The Morgan fingerprint density at radius 1 is 1.33 bits per heavy atom. The van der Waals surface area contributed by atoms with Crippen LogP contribution in [0.15, 0.2) is 24.3 Å².